The van der Waals surface area contributed by atoms with Crippen LogP contribution >= 0.6 is 11.3 Å². The minimum absolute atomic E-state index is 0.551. The van der Waals surface area contributed by atoms with Crippen LogP contribution in [0, 0.1) is 6.92 Å². The van der Waals surface area contributed by atoms with Gasteiger partial charge in [-0.3, -0.25) is 0 Å². The van der Waals surface area contributed by atoms with E-state index in [9.17, 15) is 0 Å². The smallest absolute Gasteiger partial charge is 0.180 e. The number of nitrogens with zero attached hydrogens (tertiary/aromatic N) is 1. The summed E-state index contributed by atoms with van der Waals surface area (Å²) in [6.45, 7) is 10.3. The summed E-state index contributed by atoms with van der Waals surface area (Å²) >= 11 is 1.59. The van der Waals surface area contributed by atoms with Gasteiger partial charge in [-0.05, 0) is 12.8 Å². The highest BCUT2D eigenvalue weighted by Crippen LogP contribution is 2.26. The molecular weight excluding hydrogens is 168 g/mol. The van der Waals surface area contributed by atoms with Gasteiger partial charge in [-0.15, -0.1) is 11.3 Å². The Balaban J connectivity index is 0.000000561. The molecule has 2 nitrogen and oxygen atoms in total. The van der Waals surface area contributed by atoms with Crippen molar-refractivity contribution in [3.63, 3.8) is 0 Å². The molecule has 0 atom stereocenters. The van der Waals surface area contributed by atoms with E-state index < -0.39 is 0 Å². The largest absolute Gasteiger partial charge is 0.375 e. The predicted molar refractivity (Wildman–Crippen MR) is 56.7 cm³/mol. The molecule has 0 amide bonds. The highest BCUT2D eigenvalue weighted by atomic mass is 32.1. The van der Waals surface area contributed by atoms with Gasteiger partial charge in [0.15, 0.2) is 5.13 Å². The Morgan fingerprint density at radius 1 is 1.33 bits per heavy atom. The summed E-state index contributed by atoms with van der Waals surface area (Å²) in [5.74, 6) is 0.551. The molecule has 0 aliphatic heterocycles. The number of anilines is 1. The fraction of sp³-hybridized carbons (Fsp3) is 0.667. The molecular formula is C9H18N2S. The Labute approximate surface area is 78.8 Å². The van der Waals surface area contributed by atoms with Crippen LogP contribution in [0.2, 0.25) is 0 Å². The van der Waals surface area contributed by atoms with Crippen LogP contribution in [0.5, 0.6) is 0 Å². The summed E-state index contributed by atoms with van der Waals surface area (Å²) in [4.78, 5) is 5.43. The fourth-order valence-electron chi connectivity index (χ4n) is 0.965. The molecule has 0 bridgehead atoms. The van der Waals surface area contributed by atoms with Crippen LogP contribution in [0.1, 0.15) is 44.2 Å². The summed E-state index contributed by atoms with van der Waals surface area (Å²) in [5.41, 5.74) is 6.61. The lowest BCUT2D eigenvalue weighted by Crippen LogP contribution is -1.85. The minimum Gasteiger partial charge on any atom is -0.375 e. The number of hydrogen-bond donors (Lipinski definition) is 1. The second-order valence-corrected chi connectivity index (χ2v) is 3.72. The molecule has 0 aliphatic rings. The minimum atomic E-state index is 0.551. The third kappa shape index (κ3) is 2.81. The van der Waals surface area contributed by atoms with E-state index in [4.69, 9.17) is 5.73 Å². The van der Waals surface area contributed by atoms with Gasteiger partial charge >= 0.3 is 0 Å². The second kappa shape index (κ2) is 5.14. The van der Waals surface area contributed by atoms with E-state index in [1.165, 1.54) is 4.88 Å². The maximum Gasteiger partial charge on any atom is 0.180 e. The summed E-state index contributed by atoms with van der Waals surface area (Å²) in [6, 6.07) is 0. The van der Waals surface area contributed by atoms with Crippen molar-refractivity contribution in [1.29, 1.82) is 0 Å². The van der Waals surface area contributed by atoms with Gasteiger partial charge in [0.25, 0.3) is 0 Å². The first kappa shape index (κ1) is 11.4. The lowest BCUT2D eigenvalue weighted by atomic mass is 10.1. The van der Waals surface area contributed by atoms with E-state index in [0.717, 1.165) is 5.69 Å². The molecule has 0 fully saturated rings. The Kier molecular flexibility index (Phi) is 4.90. The van der Waals surface area contributed by atoms with E-state index in [2.05, 4.69) is 18.8 Å². The van der Waals surface area contributed by atoms with Crippen molar-refractivity contribution in [2.24, 2.45) is 0 Å². The van der Waals surface area contributed by atoms with Gasteiger partial charge in [0.05, 0.1) is 5.69 Å². The highest BCUT2D eigenvalue weighted by molar-refractivity contribution is 7.15. The first-order chi connectivity index (χ1) is 5.61. The standard InChI is InChI=1S/C7H12N2S.C2H6/c1-4(2)6-5(3)9-7(8)10-6;1-2/h4H,1-3H3,(H2,8,9);1-2H3. The SMILES string of the molecule is CC.Cc1nc(N)sc1C(C)C. The van der Waals surface area contributed by atoms with E-state index in [0.29, 0.717) is 11.0 Å². The van der Waals surface area contributed by atoms with Gasteiger partial charge in [0, 0.05) is 4.88 Å². The van der Waals surface area contributed by atoms with Crippen LogP contribution in [-0.4, -0.2) is 4.98 Å². The monoisotopic (exact) mass is 186 g/mol. The number of aromatic nitrogens is 1. The van der Waals surface area contributed by atoms with Crippen molar-refractivity contribution in [3.05, 3.63) is 10.6 Å². The topological polar surface area (TPSA) is 38.9 Å². The van der Waals surface area contributed by atoms with Crippen LogP contribution in [0.25, 0.3) is 0 Å². The van der Waals surface area contributed by atoms with Gasteiger partial charge < -0.3 is 5.73 Å². The molecule has 0 radical (unpaired) electrons. The molecule has 1 heterocycles. The van der Waals surface area contributed by atoms with Gasteiger partial charge in [-0.1, -0.05) is 27.7 Å². The average molecular weight is 186 g/mol. The summed E-state index contributed by atoms with van der Waals surface area (Å²) < 4.78 is 0. The molecule has 70 valence electrons. The van der Waals surface area contributed by atoms with Crippen LogP contribution in [0.4, 0.5) is 5.13 Å². The number of aryl methyl sites for hydroxylation is 1. The van der Waals surface area contributed by atoms with Gasteiger partial charge in [-0.25, -0.2) is 4.98 Å². The van der Waals surface area contributed by atoms with E-state index >= 15 is 0 Å². The Hall–Kier alpha value is -0.570. The zero-order valence-corrected chi connectivity index (χ0v) is 9.33. The van der Waals surface area contributed by atoms with Crippen molar-refractivity contribution in [1.82, 2.24) is 4.98 Å². The lowest BCUT2D eigenvalue weighted by Gasteiger charge is -1.98. The number of nitrogen functional groups attached to an aromatic ring is 1. The maximum absolute atomic E-state index is 5.52. The Morgan fingerprint density at radius 2 is 1.83 bits per heavy atom. The Bertz CT molecular complexity index is 228. The van der Waals surface area contributed by atoms with Crippen molar-refractivity contribution in [2.75, 3.05) is 5.73 Å². The first-order valence-electron chi connectivity index (χ1n) is 4.34. The molecule has 0 spiro atoms. The molecule has 12 heavy (non-hydrogen) atoms. The molecule has 0 saturated carbocycles. The number of hydrogen-bond acceptors (Lipinski definition) is 3. The number of thiazole rings is 1. The highest BCUT2D eigenvalue weighted by Gasteiger charge is 2.07. The number of nitrogens with two attached hydrogens (primary N) is 1. The summed E-state index contributed by atoms with van der Waals surface area (Å²) in [6.07, 6.45) is 0. The predicted octanol–water partition coefficient (Wildman–Crippen LogP) is 3.18. The van der Waals surface area contributed by atoms with Gasteiger partial charge in [0.1, 0.15) is 0 Å². The first-order valence-corrected chi connectivity index (χ1v) is 5.15. The zero-order chi connectivity index (χ0) is 9.72. The lowest BCUT2D eigenvalue weighted by molar-refractivity contribution is 0.873. The quantitative estimate of drug-likeness (QED) is 0.731. The molecule has 2 N–H and O–H groups in total. The molecule has 3 heteroatoms. The van der Waals surface area contributed by atoms with E-state index in [-0.39, 0.29) is 0 Å². The molecule has 1 aromatic rings. The van der Waals surface area contributed by atoms with Crippen molar-refractivity contribution >= 4 is 16.5 Å². The number of rotatable bonds is 1. The van der Waals surface area contributed by atoms with Crippen LogP contribution in [0.15, 0.2) is 0 Å². The third-order valence-electron chi connectivity index (χ3n) is 1.37. The van der Waals surface area contributed by atoms with Crippen molar-refractivity contribution in [2.45, 2.75) is 40.5 Å². The average Bonchev–Trinajstić information content (AvgIpc) is 2.34. The molecule has 0 unspecified atom stereocenters. The molecule has 0 saturated heterocycles. The van der Waals surface area contributed by atoms with Crippen LogP contribution in [0.3, 0.4) is 0 Å². The van der Waals surface area contributed by atoms with Crippen LogP contribution < -0.4 is 5.73 Å². The molecule has 1 aromatic heterocycles. The third-order valence-corrected chi connectivity index (χ3v) is 2.66. The van der Waals surface area contributed by atoms with Gasteiger partial charge in [0.2, 0.25) is 0 Å². The molecule has 0 aliphatic carbocycles. The van der Waals surface area contributed by atoms with Crippen molar-refractivity contribution in [3.8, 4) is 0 Å². The normalized spacial score (nSPS) is 9.50. The van der Waals surface area contributed by atoms with Crippen molar-refractivity contribution < 1.29 is 0 Å². The summed E-state index contributed by atoms with van der Waals surface area (Å²) in [7, 11) is 0. The van der Waals surface area contributed by atoms with E-state index in [1.807, 2.05) is 20.8 Å². The Morgan fingerprint density at radius 3 is 2.00 bits per heavy atom. The van der Waals surface area contributed by atoms with Gasteiger partial charge in [-0.2, -0.15) is 0 Å². The molecule has 1 rings (SSSR count). The zero-order valence-electron chi connectivity index (χ0n) is 8.51. The second-order valence-electron chi connectivity index (χ2n) is 2.66. The summed E-state index contributed by atoms with van der Waals surface area (Å²) in [5, 5.41) is 0.682. The fourth-order valence-corrected chi connectivity index (χ4v) is 1.80. The maximum atomic E-state index is 5.52. The molecule has 0 aromatic carbocycles. The van der Waals surface area contributed by atoms with E-state index in [1.54, 1.807) is 11.3 Å². The van der Waals surface area contributed by atoms with Crippen LogP contribution in [-0.2, 0) is 0 Å².